The maximum Gasteiger partial charge on any atom is 0.245 e. The van der Waals surface area contributed by atoms with Gasteiger partial charge in [0.2, 0.25) is 10.0 Å². The molecule has 104 valence electrons. The van der Waals surface area contributed by atoms with Gasteiger partial charge in [0.05, 0.1) is 6.54 Å². The lowest BCUT2D eigenvalue weighted by atomic mass is 10.2. The van der Waals surface area contributed by atoms with Crippen LogP contribution < -0.4 is 10.5 Å². The fraction of sp³-hybridized carbons (Fsp3) is 0.273. The topological polar surface area (TPSA) is 85.3 Å². The molecular formula is C11H13BrN2O3S2. The van der Waals surface area contributed by atoms with Crippen molar-refractivity contribution < 1.29 is 12.8 Å². The number of nitrogens with two attached hydrogens (primary N) is 1. The summed E-state index contributed by atoms with van der Waals surface area (Å²) in [7, 11) is -3.65. The molecule has 0 aliphatic rings. The summed E-state index contributed by atoms with van der Waals surface area (Å²) in [5.41, 5.74) is 6.35. The standard InChI is InChI=1S/C11H13BrN2O3S2/c1-7(8-2-3-18-6-8)14-19(15,16)10-4-9(5-13)17-11(10)12/h2-4,6-7,14H,5,13H2,1H3. The van der Waals surface area contributed by atoms with Crippen LogP contribution in [0.1, 0.15) is 24.3 Å². The van der Waals surface area contributed by atoms with Gasteiger partial charge in [-0.15, -0.1) is 0 Å². The second kappa shape index (κ2) is 5.76. The molecule has 8 heteroatoms. The Hall–Kier alpha value is -0.670. The van der Waals surface area contributed by atoms with Crippen molar-refractivity contribution in [2.75, 3.05) is 0 Å². The maximum atomic E-state index is 12.2. The van der Waals surface area contributed by atoms with Gasteiger partial charge in [-0.05, 0) is 45.2 Å². The van der Waals surface area contributed by atoms with Crippen LogP contribution in [0.3, 0.4) is 0 Å². The fourth-order valence-electron chi connectivity index (χ4n) is 1.57. The molecule has 0 aliphatic carbocycles. The minimum atomic E-state index is -3.65. The molecule has 1 unspecified atom stereocenters. The van der Waals surface area contributed by atoms with Gasteiger partial charge in [0, 0.05) is 12.1 Å². The highest BCUT2D eigenvalue weighted by Gasteiger charge is 2.24. The van der Waals surface area contributed by atoms with E-state index in [1.54, 1.807) is 6.92 Å². The summed E-state index contributed by atoms with van der Waals surface area (Å²) < 4.78 is 32.5. The van der Waals surface area contributed by atoms with E-state index in [9.17, 15) is 8.42 Å². The molecule has 2 aromatic rings. The van der Waals surface area contributed by atoms with Crippen LogP contribution >= 0.6 is 27.3 Å². The predicted octanol–water partition coefficient (Wildman–Crippen LogP) is 2.60. The molecule has 0 aliphatic heterocycles. The zero-order valence-electron chi connectivity index (χ0n) is 10.1. The third-order valence-electron chi connectivity index (χ3n) is 2.57. The second-order valence-electron chi connectivity index (χ2n) is 3.95. The lowest BCUT2D eigenvalue weighted by Gasteiger charge is -2.12. The van der Waals surface area contributed by atoms with E-state index in [2.05, 4.69) is 20.7 Å². The summed E-state index contributed by atoms with van der Waals surface area (Å²) in [5.74, 6) is 0.412. The second-order valence-corrected chi connectivity index (χ2v) is 7.14. The molecular weight excluding hydrogens is 352 g/mol. The maximum absolute atomic E-state index is 12.2. The number of hydrogen-bond donors (Lipinski definition) is 2. The average molecular weight is 365 g/mol. The third-order valence-corrected chi connectivity index (χ3v) is 5.67. The van der Waals surface area contributed by atoms with Crippen LogP contribution in [0.5, 0.6) is 0 Å². The van der Waals surface area contributed by atoms with E-state index in [4.69, 9.17) is 10.2 Å². The minimum absolute atomic E-state index is 0.0648. The van der Waals surface area contributed by atoms with Crippen molar-refractivity contribution >= 4 is 37.3 Å². The van der Waals surface area contributed by atoms with E-state index in [0.29, 0.717) is 5.76 Å². The Kier molecular flexibility index (Phi) is 4.46. The van der Waals surface area contributed by atoms with Crippen LogP contribution in [-0.4, -0.2) is 8.42 Å². The highest BCUT2D eigenvalue weighted by molar-refractivity contribution is 9.10. The lowest BCUT2D eigenvalue weighted by molar-refractivity contribution is 0.483. The van der Waals surface area contributed by atoms with Gasteiger partial charge in [-0.25, -0.2) is 13.1 Å². The van der Waals surface area contributed by atoms with Gasteiger partial charge >= 0.3 is 0 Å². The number of hydrogen-bond acceptors (Lipinski definition) is 5. The highest BCUT2D eigenvalue weighted by Crippen LogP contribution is 2.27. The Morgan fingerprint density at radius 2 is 2.32 bits per heavy atom. The monoisotopic (exact) mass is 364 g/mol. The van der Waals surface area contributed by atoms with Crippen LogP contribution in [0.2, 0.25) is 0 Å². The van der Waals surface area contributed by atoms with E-state index in [-0.39, 0.29) is 22.2 Å². The van der Waals surface area contributed by atoms with E-state index >= 15 is 0 Å². The molecule has 0 radical (unpaired) electrons. The number of furan rings is 1. The summed E-state index contributed by atoms with van der Waals surface area (Å²) in [5, 5.41) is 3.81. The molecule has 0 fully saturated rings. The van der Waals surface area contributed by atoms with Crippen molar-refractivity contribution in [2.24, 2.45) is 5.73 Å². The molecule has 5 nitrogen and oxygen atoms in total. The molecule has 0 spiro atoms. The summed E-state index contributed by atoms with van der Waals surface area (Å²) in [6.07, 6.45) is 0. The first-order valence-corrected chi connectivity index (χ1v) is 8.68. The van der Waals surface area contributed by atoms with Gasteiger partial charge in [-0.2, -0.15) is 11.3 Å². The Bertz CT molecular complexity index is 650. The largest absolute Gasteiger partial charge is 0.452 e. The normalized spacial score (nSPS) is 13.6. The van der Waals surface area contributed by atoms with E-state index in [1.807, 2.05) is 16.8 Å². The van der Waals surface area contributed by atoms with Crippen molar-refractivity contribution in [3.63, 3.8) is 0 Å². The van der Waals surface area contributed by atoms with Gasteiger partial charge in [0.1, 0.15) is 10.7 Å². The van der Waals surface area contributed by atoms with Crippen LogP contribution in [0.25, 0.3) is 0 Å². The fourth-order valence-corrected chi connectivity index (χ4v) is 4.55. The van der Waals surface area contributed by atoms with Gasteiger partial charge in [0.15, 0.2) is 4.67 Å². The van der Waals surface area contributed by atoms with Gasteiger partial charge < -0.3 is 10.2 Å². The predicted molar refractivity (Wildman–Crippen MR) is 77.4 cm³/mol. The zero-order chi connectivity index (χ0) is 14.0. The third kappa shape index (κ3) is 3.26. The smallest absolute Gasteiger partial charge is 0.245 e. The van der Waals surface area contributed by atoms with E-state index in [1.165, 1.54) is 17.4 Å². The lowest BCUT2D eigenvalue weighted by Crippen LogP contribution is -2.26. The number of halogens is 1. The van der Waals surface area contributed by atoms with Crippen LogP contribution in [0.15, 0.2) is 36.9 Å². The quantitative estimate of drug-likeness (QED) is 0.853. The Labute approximate surface area is 124 Å². The first-order valence-electron chi connectivity index (χ1n) is 5.46. The van der Waals surface area contributed by atoms with Crippen LogP contribution in [0, 0.1) is 0 Å². The van der Waals surface area contributed by atoms with Gasteiger partial charge in [-0.1, -0.05) is 0 Å². The van der Waals surface area contributed by atoms with Crippen LogP contribution in [-0.2, 0) is 16.6 Å². The molecule has 2 rings (SSSR count). The molecule has 2 aromatic heterocycles. The van der Waals surface area contributed by atoms with Crippen molar-refractivity contribution in [2.45, 2.75) is 24.4 Å². The Morgan fingerprint density at radius 1 is 1.58 bits per heavy atom. The molecule has 3 N–H and O–H groups in total. The van der Waals surface area contributed by atoms with Crippen molar-refractivity contribution in [3.05, 3.63) is 38.9 Å². The molecule has 0 amide bonds. The van der Waals surface area contributed by atoms with Gasteiger partial charge in [-0.3, -0.25) is 0 Å². The highest BCUT2D eigenvalue weighted by atomic mass is 79.9. The number of thiophene rings is 1. The van der Waals surface area contributed by atoms with E-state index < -0.39 is 10.0 Å². The first kappa shape index (κ1) is 14.7. The Balaban J connectivity index is 2.25. The molecule has 2 heterocycles. The first-order chi connectivity index (χ1) is 8.94. The van der Waals surface area contributed by atoms with E-state index in [0.717, 1.165) is 5.56 Å². The molecule has 0 saturated heterocycles. The average Bonchev–Trinajstić information content (AvgIpc) is 2.96. The zero-order valence-corrected chi connectivity index (χ0v) is 13.3. The number of rotatable bonds is 5. The molecule has 1 atom stereocenters. The SMILES string of the molecule is CC(NS(=O)(=O)c1cc(CN)oc1Br)c1ccsc1. The van der Waals surface area contributed by atoms with Gasteiger partial charge in [0.25, 0.3) is 0 Å². The number of nitrogens with one attached hydrogen (secondary N) is 1. The van der Waals surface area contributed by atoms with Crippen LogP contribution in [0.4, 0.5) is 0 Å². The molecule has 0 saturated carbocycles. The summed E-state index contributed by atoms with van der Waals surface area (Å²) in [6.45, 7) is 1.94. The number of sulfonamides is 1. The van der Waals surface area contributed by atoms with Crippen molar-refractivity contribution in [1.29, 1.82) is 0 Å². The Morgan fingerprint density at radius 3 is 2.84 bits per heavy atom. The van der Waals surface area contributed by atoms with Crippen molar-refractivity contribution in [1.82, 2.24) is 4.72 Å². The minimum Gasteiger partial charge on any atom is -0.452 e. The summed E-state index contributed by atoms with van der Waals surface area (Å²) in [6, 6.07) is 3.00. The summed E-state index contributed by atoms with van der Waals surface area (Å²) in [4.78, 5) is 0.0648. The van der Waals surface area contributed by atoms with Crippen molar-refractivity contribution in [3.8, 4) is 0 Å². The molecule has 0 bridgehead atoms. The molecule has 19 heavy (non-hydrogen) atoms. The summed E-state index contributed by atoms with van der Waals surface area (Å²) >= 11 is 4.61. The molecule has 0 aromatic carbocycles.